The van der Waals surface area contributed by atoms with Crippen LogP contribution in [-0.2, 0) is 15.4 Å². The van der Waals surface area contributed by atoms with Gasteiger partial charge in [0, 0.05) is 11.5 Å². The summed E-state index contributed by atoms with van der Waals surface area (Å²) in [6, 6.07) is 7.78. The summed E-state index contributed by atoms with van der Waals surface area (Å²) in [6.07, 6.45) is 0. The third-order valence-electron chi connectivity index (χ3n) is 2.93. The monoisotopic (exact) mass is 324 g/mol. The van der Waals surface area contributed by atoms with E-state index in [4.69, 9.17) is 9.26 Å². The molecule has 6 nitrogen and oxygen atoms in total. The van der Waals surface area contributed by atoms with Gasteiger partial charge in [-0.15, -0.1) is 0 Å². The van der Waals surface area contributed by atoms with Gasteiger partial charge in [-0.05, 0) is 31.2 Å². The Kier molecular flexibility index (Phi) is 4.46. The van der Waals surface area contributed by atoms with E-state index >= 15 is 0 Å². The molecule has 22 heavy (non-hydrogen) atoms. The predicted octanol–water partition coefficient (Wildman–Crippen LogP) is 3.17. The van der Waals surface area contributed by atoms with Crippen LogP contribution in [0, 0.1) is 0 Å². The molecule has 2 rings (SSSR count). The zero-order valence-corrected chi connectivity index (χ0v) is 13.9. The molecule has 0 aliphatic rings. The number of rotatable bonds is 5. The zero-order valence-electron chi connectivity index (χ0n) is 13.1. The number of ether oxygens (including phenoxy) is 1. The van der Waals surface area contributed by atoms with Gasteiger partial charge in [0.15, 0.2) is 5.82 Å². The molecule has 120 valence electrons. The summed E-state index contributed by atoms with van der Waals surface area (Å²) in [5.74, 6) is 1.40. The number of benzene rings is 1. The minimum Gasteiger partial charge on any atom is -0.494 e. The molecule has 0 aliphatic carbocycles. The fourth-order valence-corrected chi connectivity index (χ4v) is 2.74. The van der Waals surface area contributed by atoms with Crippen LogP contribution in [0.1, 0.15) is 33.5 Å². The van der Waals surface area contributed by atoms with E-state index in [-0.39, 0.29) is 16.1 Å². The average molecular weight is 324 g/mol. The van der Waals surface area contributed by atoms with Crippen LogP contribution in [0.2, 0.25) is 0 Å². The number of hydrogen-bond donors (Lipinski definition) is 1. The van der Waals surface area contributed by atoms with Crippen molar-refractivity contribution in [2.75, 3.05) is 11.3 Å². The summed E-state index contributed by atoms with van der Waals surface area (Å²) in [4.78, 5) is 0.135. The molecule has 1 heterocycles. The lowest BCUT2D eigenvalue weighted by Crippen LogP contribution is -2.13. The van der Waals surface area contributed by atoms with E-state index < -0.39 is 10.0 Å². The molecule has 1 N–H and O–H groups in total. The van der Waals surface area contributed by atoms with Gasteiger partial charge in [0.1, 0.15) is 11.5 Å². The molecule has 2 aromatic rings. The van der Waals surface area contributed by atoms with Crippen molar-refractivity contribution in [1.29, 1.82) is 0 Å². The van der Waals surface area contributed by atoms with E-state index in [1.54, 1.807) is 18.2 Å². The van der Waals surface area contributed by atoms with E-state index in [2.05, 4.69) is 9.88 Å². The Morgan fingerprint density at radius 1 is 1.23 bits per heavy atom. The molecule has 0 saturated carbocycles. The molecule has 0 atom stereocenters. The first-order chi connectivity index (χ1) is 10.2. The van der Waals surface area contributed by atoms with Gasteiger partial charge in [-0.2, -0.15) is 0 Å². The summed E-state index contributed by atoms with van der Waals surface area (Å²) < 4.78 is 37.5. The molecule has 1 aromatic heterocycles. The van der Waals surface area contributed by atoms with Gasteiger partial charge in [-0.3, -0.25) is 4.72 Å². The van der Waals surface area contributed by atoms with Crippen LogP contribution in [0.15, 0.2) is 39.8 Å². The maximum absolute atomic E-state index is 12.3. The van der Waals surface area contributed by atoms with Crippen LogP contribution in [0.3, 0.4) is 0 Å². The molecule has 7 heteroatoms. The van der Waals surface area contributed by atoms with E-state index in [1.807, 2.05) is 27.7 Å². The Morgan fingerprint density at radius 2 is 1.86 bits per heavy atom. The second-order valence-electron chi connectivity index (χ2n) is 5.84. The number of nitrogens with zero attached hydrogens (tertiary/aromatic N) is 1. The maximum atomic E-state index is 12.3. The highest BCUT2D eigenvalue weighted by Crippen LogP contribution is 2.26. The Morgan fingerprint density at radius 3 is 2.36 bits per heavy atom. The lowest BCUT2D eigenvalue weighted by molar-refractivity contribution is 0.331. The first kappa shape index (κ1) is 16.4. The Hall–Kier alpha value is -2.02. The summed E-state index contributed by atoms with van der Waals surface area (Å²) in [7, 11) is -3.71. The molecule has 0 bridgehead atoms. The number of nitrogens with one attached hydrogen (secondary N) is 1. The number of aromatic nitrogens is 1. The maximum Gasteiger partial charge on any atom is 0.263 e. The van der Waals surface area contributed by atoms with Crippen LogP contribution in [0.25, 0.3) is 0 Å². The van der Waals surface area contributed by atoms with Crippen molar-refractivity contribution < 1.29 is 17.7 Å². The van der Waals surface area contributed by atoms with E-state index in [1.165, 1.54) is 12.1 Å². The van der Waals surface area contributed by atoms with Crippen molar-refractivity contribution in [3.63, 3.8) is 0 Å². The molecule has 0 unspecified atom stereocenters. The van der Waals surface area contributed by atoms with Gasteiger partial charge in [-0.25, -0.2) is 8.42 Å². The SMILES string of the molecule is CCOc1ccc(S(=O)(=O)Nc2cc(C(C)(C)C)on2)cc1. The third kappa shape index (κ3) is 3.79. The highest BCUT2D eigenvalue weighted by atomic mass is 32.2. The van der Waals surface area contributed by atoms with Crippen molar-refractivity contribution in [1.82, 2.24) is 5.16 Å². The molecule has 0 aliphatic heterocycles. The van der Waals surface area contributed by atoms with Crippen molar-refractivity contribution in [3.8, 4) is 5.75 Å². The first-order valence-electron chi connectivity index (χ1n) is 6.95. The summed E-state index contributed by atoms with van der Waals surface area (Å²) in [6.45, 7) is 8.26. The minimum atomic E-state index is -3.71. The fraction of sp³-hybridized carbons (Fsp3) is 0.400. The van der Waals surface area contributed by atoms with E-state index in [0.717, 1.165) is 0 Å². The number of anilines is 1. The van der Waals surface area contributed by atoms with E-state index in [9.17, 15) is 8.42 Å². The lowest BCUT2D eigenvalue weighted by Gasteiger charge is -2.12. The smallest absolute Gasteiger partial charge is 0.263 e. The van der Waals surface area contributed by atoms with Gasteiger partial charge >= 0.3 is 0 Å². The minimum absolute atomic E-state index is 0.135. The lowest BCUT2D eigenvalue weighted by atomic mass is 9.93. The molecule has 0 saturated heterocycles. The third-order valence-corrected chi connectivity index (χ3v) is 4.30. The quantitative estimate of drug-likeness (QED) is 0.913. The van der Waals surface area contributed by atoms with Crippen LogP contribution in [0.5, 0.6) is 5.75 Å². The average Bonchev–Trinajstić information content (AvgIpc) is 2.87. The van der Waals surface area contributed by atoms with Crippen molar-refractivity contribution in [3.05, 3.63) is 36.1 Å². The van der Waals surface area contributed by atoms with Crippen molar-refractivity contribution >= 4 is 15.8 Å². The van der Waals surface area contributed by atoms with Crippen LogP contribution in [-0.4, -0.2) is 20.2 Å². The van der Waals surface area contributed by atoms with Gasteiger partial charge < -0.3 is 9.26 Å². The largest absolute Gasteiger partial charge is 0.494 e. The number of sulfonamides is 1. The topological polar surface area (TPSA) is 81.4 Å². The van der Waals surface area contributed by atoms with Crippen LogP contribution < -0.4 is 9.46 Å². The second-order valence-corrected chi connectivity index (χ2v) is 7.52. The fourth-order valence-electron chi connectivity index (χ4n) is 1.76. The van der Waals surface area contributed by atoms with Gasteiger partial charge in [0.2, 0.25) is 0 Å². The molecule has 0 fully saturated rings. The molecule has 0 amide bonds. The Labute approximate surface area is 130 Å². The highest BCUT2D eigenvalue weighted by Gasteiger charge is 2.22. The molecule has 0 spiro atoms. The molecule has 0 radical (unpaired) electrons. The van der Waals surface area contributed by atoms with Gasteiger partial charge in [0.05, 0.1) is 11.5 Å². The van der Waals surface area contributed by atoms with Crippen LogP contribution >= 0.6 is 0 Å². The number of hydrogen-bond acceptors (Lipinski definition) is 5. The Bertz CT molecular complexity index is 728. The molecular formula is C15H20N2O4S. The van der Waals surface area contributed by atoms with Gasteiger partial charge in [0.25, 0.3) is 10.0 Å². The molecular weight excluding hydrogens is 304 g/mol. The second kappa shape index (κ2) is 6.00. The predicted molar refractivity (Wildman–Crippen MR) is 83.6 cm³/mol. The summed E-state index contributed by atoms with van der Waals surface area (Å²) in [5.41, 5.74) is -0.240. The normalized spacial score (nSPS) is 12.2. The van der Waals surface area contributed by atoms with E-state index in [0.29, 0.717) is 18.1 Å². The Balaban J connectivity index is 2.18. The van der Waals surface area contributed by atoms with Crippen molar-refractivity contribution in [2.45, 2.75) is 38.0 Å². The standard InChI is InChI=1S/C15H20N2O4S/c1-5-20-11-6-8-12(9-7-11)22(18,19)17-14-10-13(21-16-14)15(2,3)4/h6-10H,5H2,1-4H3,(H,16,17). The summed E-state index contributed by atoms with van der Waals surface area (Å²) >= 11 is 0. The van der Waals surface area contributed by atoms with Crippen molar-refractivity contribution in [2.24, 2.45) is 0 Å². The zero-order chi connectivity index (χ0) is 16.4. The highest BCUT2D eigenvalue weighted by molar-refractivity contribution is 7.92. The molecule has 1 aromatic carbocycles. The van der Waals surface area contributed by atoms with Crippen LogP contribution in [0.4, 0.5) is 5.82 Å². The first-order valence-corrected chi connectivity index (χ1v) is 8.43. The van der Waals surface area contributed by atoms with Gasteiger partial charge in [-0.1, -0.05) is 25.9 Å². The summed E-state index contributed by atoms with van der Waals surface area (Å²) in [5, 5.41) is 3.75.